The van der Waals surface area contributed by atoms with E-state index in [0.717, 1.165) is 23.4 Å². The number of carboxylic acids is 1. The fraction of sp³-hybridized carbons (Fsp3) is 0.429. The summed E-state index contributed by atoms with van der Waals surface area (Å²) in [6.07, 6.45) is 1.24. The highest BCUT2D eigenvalue weighted by atomic mass is 16.4. The molecule has 1 aromatic rings. The molecule has 1 atom stereocenters. The van der Waals surface area contributed by atoms with E-state index in [1.54, 1.807) is 6.92 Å². The zero-order valence-corrected chi connectivity index (χ0v) is 11.1. The lowest BCUT2D eigenvalue weighted by Crippen LogP contribution is -2.28. The summed E-state index contributed by atoms with van der Waals surface area (Å²) < 4.78 is 0. The van der Waals surface area contributed by atoms with Crippen LogP contribution in [0.15, 0.2) is 18.2 Å². The van der Waals surface area contributed by atoms with Gasteiger partial charge in [0.05, 0.1) is 5.92 Å². The summed E-state index contributed by atoms with van der Waals surface area (Å²) in [4.78, 5) is 24.1. The minimum Gasteiger partial charge on any atom is -0.481 e. The number of carboxylic acid groups (broad SMARTS) is 1. The molecule has 1 aliphatic heterocycles. The first-order valence-corrected chi connectivity index (χ1v) is 6.34. The predicted octanol–water partition coefficient (Wildman–Crippen LogP) is 1.73. The van der Waals surface area contributed by atoms with Gasteiger partial charge in [0, 0.05) is 31.4 Å². The monoisotopic (exact) mass is 262 g/mol. The average Bonchev–Trinajstić information content (AvgIpc) is 2.37. The lowest BCUT2D eigenvalue weighted by Gasteiger charge is -2.24. The van der Waals surface area contributed by atoms with Gasteiger partial charge >= 0.3 is 5.97 Å². The second-order valence-electron chi connectivity index (χ2n) is 5.01. The summed E-state index contributed by atoms with van der Waals surface area (Å²) >= 11 is 0. The van der Waals surface area contributed by atoms with Gasteiger partial charge in [-0.2, -0.15) is 0 Å². The van der Waals surface area contributed by atoms with Gasteiger partial charge in [0.15, 0.2) is 0 Å². The van der Waals surface area contributed by atoms with Crippen molar-refractivity contribution < 1.29 is 14.7 Å². The average molecular weight is 262 g/mol. The number of benzene rings is 1. The predicted molar refractivity (Wildman–Crippen MR) is 73.5 cm³/mol. The number of rotatable bonds is 4. The number of carbonyl (C=O) groups excluding carboxylic acids is 1. The van der Waals surface area contributed by atoms with Crippen molar-refractivity contribution in [1.29, 1.82) is 0 Å². The van der Waals surface area contributed by atoms with Crippen LogP contribution in [0.5, 0.6) is 0 Å². The minimum absolute atomic E-state index is 0.0492. The van der Waals surface area contributed by atoms with Crippen LogP contribution in [0.4, 0.5) is 11.4 Å². The molecule has 0 saturated carbocycles. The molecule has 0 radical (unpaired) electrons. The molecule has 5 nitrogen and oxygen atoms in total. The molecule has 0 saturated heterocycles. The maximum atomic E-state index is 11.3. The van der Waals surface area contributed by atoms with Gasteiger partial charge < -0.3 is 15.3 Å². The van der Waals surface area contributed by atoms with Crippen LogP contribution in [0.25, 0.3) is 0 Å². The fourth-order valence-corrected chi connectivity index (χ4v) is 2.20. The molecule has 5 heteroatoms. The third kappa shape index (κ3) is 3.05. The third-order valence-electron chi connectivity index (χ3n) is 3.39. The zero-order valence-electron chi connectivity index (χ0n) is 11.1. The maximum Gasteiger partial charge on any atom is 0.308 e. The first kappa shape index (κ1) is 13.4. The number of amides is 1. The van der Waals surface area contributed by atoms with Crippen molar-refractivity contribution in [3.05, 3.63) is 23.8 Å². The Morgan fingerprint density at radius 3 is 2.89 bits per heavy atom. The van der Waals surface area contributed by atoms with Gasteiger partial charge in [0.25, 0.3) is 0 Å². The molecule has 2 N–H and O–H groups in total. The molecular weight excluding hydrogens is 244 g/mol. The molecule has 102 valence electrons. The van der Waals surface area contributed by atoms with Crippen molar-refractivity contribution in [2.24, 2.45) is 5.92 Å². The Hall–Kier alpha value is -2.04. The number of nitrogens with zero attached hydrogens (tertiary/aromatic N) is 1. The Morgan fingerprint density at radius 2 is 2.21 bits per heavy atom. The number of nitrogens with one attached hydrogen (secondary N) is 1. The van der Waals surface area contributed by atoms with E-state index in [0.29, 0.717) is 13.0 Å². The second kappa shape index (κ2) is 5.30. The van der Waals surface area contributed by atoms with Gasteiger partial charge in [-0.3, -0.25) is 9.59 Å². The Morgan fingerprint density at radius 1 is 1.47 bits per heavy atom. The molecule has 1 heterocycles. The van der Waals surface area contributed by atoms with Crippen LogP contribution >= 0.6 is 0 Å². The lowest BCUT2D eigenvalue weighted by molar-refractivity contribution is -0.140. The van der Waals surface area contributed by atoms with E-state index < -0.39 is 11.9 Å². The fourth-order valence-electron chi connectivity index (χ4n) is 2.20. The molecular formula is C14H18N2O3. The van der Waals surface area contributed by atoms with Gasteiger partial charge in [-0.1, -0.05) is 6.92 Å². The van der Waals surface area contributed by atoms with E-state index in [9.17, 15) is 9.59 Å². The van der Waals surface area contributed by atoms with Gasteiger partial charge in [-0.05, 0) is 30.2 Å². The SMILES string of the molecule is CC(CN(C)c1ccc2c(c1)CCC(=O)N2)C(=O)O. The smallest absolute Gasteiger partial charge is 0.308 e. The highest BCUT2D eigenvalue weighted by Gasteiger charge is 2.17. The van der Waals surface area contributed by atoms with Crippen LogP contribution in [-0.4, -0.2) is 30.6 Å². The Balaban J connectivity index is 2.13. The summed E-state index contributed by atoms with van der Waals surface area (Å²) in [6, 6.07) is 5.80. The van der Waals surface area contributed by atoms with Gasteiger partial charge in [-0.25, -0.2) is 0 Å². The van der Waals surface area contributed by atoms with Gasteiger partial charge in [-0.15, -0.1) is 0 Å². The van der Waals surface area contributed by atoms with Gasteiger partial charge in [0.2, 0.25) is 5.91 Å². The van der Waals surface area contributed by atoms with E-state index in [4.69, 9.17) is 5.11 Å². The highest BCUT2D eigenvalue weighted by Crippen LogP contribution is 2.27. The number of carbonyl (C=O) groups is 2. The first-order valence-electron chi connectivity index (χ1n) is 6.34. The van der Waals surface area contributed by atoms with Crippen LogP contribution in [0, 0.1) is 5.92 Å². The van der Waals surface area contributed by atoms with E-state index in [-0.39, 0.29) is 5.91 Å². The summed E-state index contributed by atoms with van der Waals surface area (Å²) in [5.41, 5.74) is 2.94. The number of aryl methyl sites for hydroxylation is 1. The second-order valence-corrected chi connectivity index (χ2v) is 5.01. The quantitative estimate of drug-likeness (QED) is 0.867. The van der Waals surface area contributed by atoms with E-state index >= 15 is 0 Å². The van der Waals surface area contributed by atoms with Crippen molar-refractivity contribution in [1.82, 2.24) is 0 Å². The van der Waals surface area contributed by atoms with Crippen LogP contribution in [0.2, 0.25) is 0 Å². The first-order chi connectivity index (χ1) is 8.97. The van der Waals surface area contributed by atoms with Crippen LogP contribution in [0.3, 0.4) is 0 Å². The molecule has 1 unspecified atom stereocenters. The Kier molecular flexibility index (Phi) is 3.74. The largest absolute Gasteiger partial charge is 0.481 e. The molecule has 0 aromatic heterocycles. The molecule has 2 rings (SSSR count). The molecule has 19 heavy (non-hydrogen) atoms. The van der Waals surface area contributed by atoms with E-state index in [1.165, 1.54) is 0 Å². The summed E-state index contributed by atoms with van der Waals surface area (Å²) in [5.74, 6) is -1.16. The van der Waals surface area contributed by atoms with Crippen molar-refractivity contribution in [3.63, 3.8) is 0 Å². The summed E-state index contributed by atoms with van der Waals surface area (Å²) in [7, 11) is 1.88. The van der Waals surface area contributed by atoms with Crippen molar-refractivity contribution in [2.45, 2.75) is 19.8 Å². The summed E-state index contributed by atoms with van der Waals surface area (Å²) in [5, 5.41) is 11.8. The topological polar surface area (TPSA) is 69.6 Å². The van der Waals surface area contributed by atoms with Crippen molar-refractivity contribution in [2.75, 3.05) is 23.8 Å². The van der Waals surface area contributed by atoms with Crippen LogP contribution in [-0.2, 0) is 16.0 Å². The Bertz CT molecular complexity index is 513. The van der Waals surface area contributed by atoms with Crippen LogP contribution < -0.4 is 10.2 Å². The van der Waals surface area contributed by atoms with E-state index in [1.807, 2.05) is 30.1 Å². The standard InChI is InChI=1S/C14H18N2O3/c1-9(14(18)19)8-16(2)11-4-5-12-10(7-11)3-6-13(17)15-12/h4-5,7,9H,3,6,8H2,1-2H3,(H,15,17)(H,18,19). The van der Waals surface area contributed by atoms with Crippen molar-refractivity contribution >= 4 is 23.3 Å². The molecule has 0 bridgehead atoms. The molecule has 1 aliphatic rings. The van der Waals surface area contributed by atoms with Crippen LogP contribution in [0.1, 0.15) is 18.9 Å². The molecule has 0 fully saturated rings. The third-order valence-corrected chi connectivity index (χ3v) is 3.39. The number of hydrogen-bond donors (Lipinski definition) is 2. The number of fused-ring (bicyclic) bond motifs is 1. The normalized spacial score (nSPS) is 15.4. The number of anilines is 2. The lowest BCUT2D eigenvalue weighted by atomic mass is 10.0. The Labute approximate surface area is 112 Å². The summed E-state index contributed by atoms with van der Waals surface area (Å²) in [6.45, 7) is 2.15. The zero-order chi connectivity index (χ0) is 14.0. The highest BCUT2D eigenvalue weighted by molar-refractivity contribution is 5.94. The molecule has 0 spiro atoms. The molecule has 1 amide bonds. The minimum atomic E-state index is -0.794. The number of aliphatic carboxylic acids is 1. The van der Waals surface area contributed by atoms with E-state index in [2.05, 4.69) is 5.32 Å². The number of hydrogen-bond acceptors (Lipinski definition) is 3. The molecule has 0 aliphatic carbocycles. The van der Waals surface area contributed by atoms with Crippen molar-refractivity contribution in [3.8, 4) is 0 Å². The molecule has 1 aromatic carbocycles. The van der Waals surface area contributed by atoms with Gasteiger partial charge in [0.1, 0.15) is 0 Å². The maximum absolute atomic E-state index is 11.3.